The van der Waals surface area contributed by atoms with Crippen molar-refractivity contribution in [3.05, 3.63) is 0 Å². The van der Waals surface area contributed by atoms with E-state index in [4.69, 9.17) is 0 Å². The smallest absolute Gasteiger partial charge is 0 e. The second-order valence-corrected chi connectivity index (χ2v) is 0. The minimum absolute atomic E-state index is 0. The summed E-state index contributed by atoms with van der Waals surface area (Å²) in [5.41, 5.74) is 0. The van der Waals surface area contributed by atoms with Crippen molar-refractivity contribution >= 4 is 0 Å². The van der Waals surface area contributed by atoms with E-state index in [2.05, 4.69) is 0 Å². The van der Waals surface area contributed by atoms with Crippen molar-refractivity contribution in [2.75, 3.05) is 0 Å². The van der Waals surface area contributed by atoms with Crippen LogP contribution in [0.25, 0.3) is 0 Å². The second kappa shape index (κ2) is 48.8. The fraction of sp³-hybridized carbons (Fsp3) is 0. The fourth-order valence-corrected chi connectivity index (χ4v) is 0. The molecule has 1 radical (unpaired) electrons. The van der Waals surface area contributed by atoms with Crippen LogP contribution in [0.1, 0.15) is 0 Å². The summed E-state index contributed by atoms with van der Waals surface area (Å²) < 4.78 is 0. The van der Waals surface area contributed by atoms with E-state index < -0.39 is 0 Å². The van der Waals surface area contributed by atoms with Crippen LogP contribution in [-0.4, -0.2) is 0 Å². The molecule has 7 heteroatoms. The van der Waals surface area contributed by atoms with Crippen LogP contribution in [0.2, 0.25) is 0 Å². The van der Waals surface area contributed by atoms with Crippen molar-refractivity contribution in [3.8, 4) is 0 Å². The molecule has 0 amide bonds. The first-order chi connectivity index (χ1) is 0. The van der Waals surface area contributed by atoms with Crippen LogP contribution >= 0.6 is 0 Å². The average Bonchev–Trinajstić information content (AvgIpc) is 0. The third-order valence-electron chi connectivity index (χ3n) is 0. The van der Waals surface area contributed by atoms with Crippen LogP contribution in [0.4, 0.5) is 0 Å². The third-order valence-corrected chi connectivity index (χ3v) is 0. The molecule has 0 saturated carbocycles. The van der Waals surface area contributed by atoms with E-state index in [1.807, 2.05) is 0 Å². The Labute approximate surface area is 131 Å². The van der Waals surface area contributed by atoms with Crippen LogP contribution in [0.5, 0.6) is 0 Å². The molecule has 0 spiro atoms. The van der Waals surface area contributed by atoms with Crippen LogP contribution in [-0.2, 0) is 133 Å². The van der Waals surface area contributed by atoms with Gasteiger partial charge in [-0.1, -0.05) is 0 Å². The van der Waals surface area contributed by atoms with Crippen molar-refractivity contribution in [1.29, 1.82) is 0 Å². The Bertz CT molecular complexity index is 14.9. The van der Waals surface area contributed by atoms with Gasteiger partial charge in [0.05, 0.1) is 0 Å². The van der Waals surface area contributed by atoms with Gasteiger partial charge in [-0.2, -0.15) is 0 Å². The normalized spacial score (nSPS) is 0. The average molecular weight is 689 g/mol. The van der Waals surface area contributed by atoms with Gasteiger partial charge in [-0.3, -0.25) is 0 Å². The van der Waals surface area contributed by atoms with Gasteiger partial charge in [-0.05, 0) is 0 Å². The molecule has 0 aromatic heterocycles. The van der Waals surface area contributed by atoms with Crippen molar-refractivity contribution in [2.24, 2.45) is 0 Å². The van der Waals surface area contributed by atoms with E-state index in [-0.39, 0.29) is 133 Å². The molecule has 67 valence electrons. The molecule has 0 heterocycles. The van der Waals surface area contributed by atoms with E-state index in [0.717, 1.165) is 0 Å². The predicted molar refractivity (Wildman–Crippen MR) is 0 cm³/mol. The van der Waals surface area contributed by atoms with E-state index in [9.17, 15) is 0 Å². The standard InChI is InChI=1S/Cr.Cu.Ni.3Pd.Pt. The summed E-state index contributed by atoms with van der Waals surface area (Å²) in [7, 11) is 0. The summed E-state index contributed by atoms with van der Waals surface area (Å²) in [5.74, 6) is 0. The van der Waals surface area contributed by atoms with Gasteiger partial charge in [-0.25, -0.2) is 0 Å². The zero-order valence-corrected chi connectivity index (χ0v) is 12.4. The number of rotatable bonds is 0. The van der Waals surface area contributed by atoms with E-state index in [0.29, 0.717) is 0 Å². The molecule has 0 aliphatic carbocycles. The first kappa shape index (κ1) is 65.8. The van der Waals surface area contributed by atoms with Gasteiger partial charge >= 0.3 is 0 Å². The second-order valence-electron chi connectivity index (χ2n) is 0. The Morgan fingerprint density at radius 3 is 0.714 bits per heavy atom. The summed E-state index contributed by atoms with van der Waals surface area (Å²) in [6.45, 7) is 0. The van der Waals surface area contributed by atoms with Crippen molar-refractivity contribution < 1.29 is 133 Å². The Hall–Kier alpha value is 4.22. The SMILES string of the molecule is [Cr].[Cu].[Ni].[Pd].[Pd].[Pd].[Pt]. The Balaban J connectivity index is 0. The quantitative estimate of drug-likeness (QED) is 0.315. The predicted octanol–water partition coefficient (Wildman–Crippen LogP) is -0.0175. The molecule has 0 nitrogen and oxygen atoms in total. The first-order valence-corrected chi connectivity index (χ1v) is 0. The minimum Gasteiger partial charge on any atom is 0 e. The molecule has 7 heavy (non-hydrogen) atoms. The van der Waals surface area contributed by atoms with Gasteiger partial charge in [0.2, 0.25) is 0 Å². The maximum absolute atomic E-state index is 0. The zero-order valence-electron chi connectivity index (χ0n) is 2.29. The van der Waals surface area contributed by atoms with Crippen molar-refractivity contribution in [1.82, 2.24) is 0 Å². The summed E-state index contributed by atoms with van der Waals surface area (Å²) in [6, 6.07) is 0. The molecule has 0 aromatic rings. The van der Waals surface area contributed by atoms with Crippen LogP contribution in [0, 0.1) is 0 Å². The van der Waals surface area contributed by atoms with Crippen LogP contribution in [0.3, 0.4) is 0 Å². The maximum Gasteiger partial charge on any atom is 0 e. The van der Waals surface area contributed by atoms with E-state index >= 15 is 0 Å². The van der Waals surface area contributed by atoms with Crippen LogP contribution in [0.15, 0.2) is 0 Å². The Morgan fingerprint density at radius 2 is 0.714 bits per heavy atom. The molecule has 0 aliphatic rings. The van der Waals surface area contributed by atoms with Crippen molar-refractivity contribution in [3.63, 3.8) is 0 Å². The molecule has 0 bridgehead atoms. The molecule has 0 aromatic carbocycles. The fourth-order valence-electron chi connectivity index (χ4n) is 0. The maximum atomic E-state index is 0. The molecule has 0 atom stereocenters. The largest absolute Gasteiger partial charge is 0 e. The van der Waals surface area contributed by atoms with Crippen molar-refractivity contribution in [2.45, 2.75) is 0 Å². The van der Waals surface area contributed by atoms with Gasteiger partial charge < -0.3 is 0 Å². The van der Waals surface area contributed by atoms with Gasteiger partial charge in [-0.15, -0.1) is 0 Å². The van der Waals surface area contributed by atoms with Gasteiger partial charge in [0, 0.05) is 133 Å². The summed E-state index contributed by atoms with van der Waals surface area (Å²) in [6.07, 6.45) is 0. The Morgan fingerprint density at radius 1 is 0.714 bits per heavy atom. The Kier molecular flexibility index (Phi) is 459. The summed E-state index contributed by atoms with van der Waals surface area (Å²) in [4.78, 5) is 0. The molecule has 0 unspecified atom stereocenters. The first-order valence-electron chi connectivity index (χ1n) is 0. The molecule has 0 saturated heterocycles. The summed E-state index contributed by atoms with van der Waals surface area (Å²) in [5, 5.41) is 0. The van der Waals surface area contributed by atoms with E-state index in [1.54, 1.807) is 0 Å². The summed E-state index contributed by atoms with van der Waals surface area (Å²) >= 11 is 0. The monoisotopic (exact) mass is 685 g/mol. The molecule has 0 fully saturated rings. The van der Waals surface area contributed by atoms with Gasteiger partial charge in [0.25, 0.3) is 0 Å². The molecule has 0 rings (SSSR count). The minimum atomic E-state index is 0. The number of hydrogen-bond donors (Lipinski definition) is 0. The molecule has 0 N–H and O–H groups in total. The zero-order chi connectivity index (χ0) is 0. The number of hydrogen-bond acceptors (Lipinski definition) is 0. The van der Waals surface area contributed by atoms with E-state index in [1.165, 1.54) is 0 Å². The molecular weight excluding hydrogens is 689 g/mol. The topological polar surface area (TPSA) is 0 Å². The molecular formula is CrCuNiPd3Pt. The van der Waals surface area contributed by atoms with Crippen LogP contribution < -0.4 is 0 Å². The van der Waals surface area contributed by atoms with Gasteiger partial charge in [0.15, 0.2) is 0 Å². The van der Waals surface area contributed by atoms with Gasteiger partial charge in [0.1, 0.15) is 0 Å². The molecule has 0 aliphatic heterocycles. The third kappa shape index (κ3) is 38.8.